The summed E-state index contributed by atoms with van der Waals surface area (Å²) in [6.45, 7) is 13.7. The Morgan fingerprint density at radius 2 is 0.841 bits per heavy atom. The summed E-state index contributed by atoms with van der Waals surface area (Å²) in [6, 6.07) is 49.7. The van der Waals surface area contributed by atoms with Crippen LogP contribution >= 0.6 is 0 Å². The lowest BCUT2D eigenvalue weighted by Gasteiger charge is -2.38. The predicted octanol–water partition coefficient (Wildman–Crippen LogP) is 8.71. The van der Waals surface area contributed by atoms with E-state index in [2.05, 4.69) is 79.8 Å². The minimum Gasteiger partial charge on any atom is -0.430 e. The maximum atomic E-state index is 13.1. The monoisotopic (exact) mass is 884 g/mol. The molecule has 4 amide bonds. The number of amides is 4. The highest BCUT2D eigenvalue weighted by molar-refractivity contribution is 6.92. The van der Waals surface area contributed by atoms with Crippen molar-refractivity contribution in [1.82, 2.24) is 21.3 Å². The zero-order valence-electron chi connectivity index (χ0n) is 38.0. The fraction of sp³-hybridized carbons (Fsp3) is 0.346. The fourth-order valence-corrected chi connectivity index (χ4v) is 14.3. The number of carbonyl (C=O) groups is 4. The van der Waals surface area contributed by atoms with E-state index in [9.17, 15) is 24.0 Å². The van der Waals surface area contributed by atoms with Gasteiger partial charge in [-0.1, -0.05) is 167 Å². The Labute approximate surface area is 377 Å². The molecule has 4 atom stereocenters. The average Bonchev–Trinajstić information content (AvgIpc) is 3.29. The number of hydrogen-bond donors (Lipinski definition) is 5. The maximum absolute atomic E-state index is 13.1. The van der Waals surface area contributed by atoms with E-state index < -0.39 is 16.4 Å². The summed E-state index contributed by atoms with van der Waals surface area (Å²) in [5.41, 5.74) is 3.08. The first-order valence-corrected chi connectivity index (χ1v) is 27.8. The molecule has 0 heterocycles. The molecule has 11 heteroatoms. The Morgan fingerprint density at radius 1 is 0.492 bits per heavy atom. The van der Waals surface area contributed by atoms with E-state index >= 15 is 0 Å². The lowest BCUT2D eigenvalue weighted by atomic mass is 10.1. The second-order valence-electron chi connectivity index (χ2n) is 17.7. The van der Waals surface area contributed by atoms with E-state index in [1.165, 1.54) is 5.19 Å². The van der Waals surface area contributed by atoms with E-state index in [1.807, 2.05) is 122 Å². The highest BCUT2D eigenvalue weighted by Crippen LogP contribution is 2.24. The van der Waals surface area contributed by atoms with Gasteiger partial charge in [0.05, 0.1) is 0 Å². The summed E-state index contributed by atoms with van der Waals surface area (Å²) in [5, 5.41) is 13.6. The molecule has 0 aliphatic rings. The number of rotatable bonds is 21. The van der Waals surface area contributed by atoms with Gasteiger partial charge in [-0.25, -0.2) is 0 Å². The van der Waals surface area contributed by atoms with Gasteiger partial charge in [0.15, 0.2) is 0 Å². The average molecular weight is 885 g/mol. The molecular formula is C52H68N4O5Si2. The second-order valence-corrected chi connectivity index (χ2v) is 26.2. The zero-order chi connectivity index (χ0) is 45.7. The smallest absolute Gasteiger partial charge is 0.251 e. The summed E-state index contributed by atoms with van der Waals surface area (Å²) in [6.07, 6.45) is 2.26. The normalized spacial score (nSPS) is 13.9. The van der Waals surface area contributed by atoms with Crippen LogP contribution in [0.15, 0.2) is 152 Å². The number of nitrogens with one attached hydrogen (secondary N) is 4. The molecule has 5 aromatic rings. The van der Waals surface area contributed by atoms with Crippen LogP contribution in [-0.4, -0.2) is 56.1 Å². The van der Waals surface area contributed by atoms with E-state index in [0.29, 0.717) is 54.9 Å². The summed E-state index contributed by atoms with van der Waals surface area (Å²) >= 11 is 0. The molecule has 4 unspecified atom stereocenters. The van der Waals surface area contributed by atoms with Crippen LogP contribution in [0.1, 0.15) is 85.2 Å². The van der Waals surface area contributed by atoms with E-state index in [4.69, 9.17) is 0 Å². The van der Waals surface area contributed by atoms with Crippen LogP contribution in [0, 0.1) is 11.8 Å². The minimum atomic E-state index is -2.86. The van der Waals surface area contributed by atoms with Crippen LogP contribution in [0.25, 0.3) is 0 Å². The molecule has 0 saturated carbocycles. The van der Waals surface area contributed by atoms with Gasteiger partial charge in [0, 0.05) is 48.4 Å². The third-order valence-corrected chi connectivity index (χ3v) is 19.4. The van der Waals surface area contributed by atoms with Crippen LogP contribution in [0.3, 0.4) is 0 Å². The molecule has 0 radical (unpaired) electrons. The van der Waals surface area contributed by atoms with Crippen molar-refractivity contribution in [3.63, 3.8) is 0 Å². The van der Waals surface area contributed by atoms with Crippen molar-refractivity contribution in [2.45, 2.75) is 103 Å². The Balaban J connectivity index is 0.000000280. The van der Waals surface area contributed by atoms with Crippen LogP contribution < -0.4 is 26.5 Å². The summed E-state index contributed by atoms with van der Waals surface area (Å²) in [7, 11) is -5.13. The largest absolute Gasteiger partial charge is 0.430 e. The van der Waals surface area contributed by atoms with Crippen LogP contribution in [-0.2, 0) is 22.7 Å². The van der Waals surface area contributed by atoms with E-state index in [1.54, 1.807) is 12.1 Å². The molecule has 5 rings (SSSR count). The lowest BCUT2D eigenvalue weighted by molar-refractivity contribution is -0.121. The van der Waals surface area contributed by atoms with Gasteiger partial charge in [0.1, 0.15) is 8.07 Å². The quantitative estimate of drug-likeness (QED) is 0.0470. The van der Waals surface area contributed by atoms with Crippen LogP contribution in [0.5, 0.6) is 0 Å². The Bertz CT molecular complexity index is 2130. The van der Waals surface area contributed by atoms with E-state index in [0.717, 1.165) is 23.6 Å². The summed E-state index contributed by atoms with van der Waals surface area (Å²) in [4.78, 5) is 62.0. The SMILES string of the molecule is CC(C)CC(NC(=O)c1ccccc1)[Si](C)(CCC(=O)NCc1ccccc1)c1ccccc1.CC(C)CC(NC(=O)c1ccccc1)[Si](C)(O)CCC(=O)NCc1ccccc1. The molecule has 0 saturated heterocycles. The standard InChI is InChI=1S/C29H36N2O2Si.C23H32N2O3Si/c1-23(2)21-28(31-29(33)25-15-9-5-10-16-25)34(3,26-17-11-6-12-18-26)20-19-27(32)30-22-24-13-7-4-8-14-24;1-18(2)16-22(25-23(27)20-12-8-5-9-13-20)29(3,28)15-14-21(26)24-17-19-10-6-4-7-11-19/h4-18,23,28H,19-22H2,1-3H3,(H,30,32)(H,31,33);4-13,18,22,28H,14-17H2,1-3H3,(H,24,26)(H,25,27). The molecule has 0 bridgehead atoms. The number of hydrogen-bond acceptors (Lipinski definition) is 5. The summed E-state index contributed by atoms with van der Waals surface area (Å²) in [5.74, 6) is 0.480. The zero-order valence-corrected chi connectivity index (χ0v) is 40.0. The Kier molecular flexibility index (Phi) is 20.2. The molecule has 5 aromatic carbocycles. The first-order valence-electron chi connectivity index (χ1n) is 22.3. The first kappa shape index (κ1) is 50.0. The lowest BCUT2D eigenvalue weighted by Crippen LogP contribution is -2.62. The van der Waals surface area contributed by atoms with Gasteiger partial charge in [-0.2, -0.15) is 0 Å². The maximum Gasteiger partial charge on any atom is 0.251 e. The molecule has 0 fully saturated rings. The van der Waals surface area contributed by atoms with Gasteiger partial charge in [0.2, 0.25) is 20.1 Å². The number of benzene rings is 5. The van der Waals surface area contributed by atoms with Crippen molar-refractivity contribution in [2.75, 3.05) is 0 Å². The highest BCUT2D eigenvalue weighted by Gasteiger charge is 2.40. The topological polar surface area (TPSA) is 137 Å². The molecule has 0 spiro atoms. The van der Waals surface area contributed by atoms with E-state index in [-0.39, 0.29) is 41.4 Å². The molecule has 5 N–H and O–H groups in total. The summed E-state index contributed by atoms with van der Waals surface area (Å²) < 4.78 is 0. The van der Waals surface area contributed by atoms with Crippen molar-refractivity contribution in [2.24, 2.45) is 11.8 Å². The predicted molar refractivity (Wildman–Crippen MR) is 261 cm³/mol. The first-order chi connectivity index (χ1) is 30.2. The van der Waals surface area contributed by atoms with Gasteiger partial charge in [-0.05, 0) is 78.7 Å². The third kappa shape index (κ3) is 17.2. The molecule has 0 aliphatic heterocycles. The Hall–Kier alpha value is -5.63. The molecule has 0 aromatic heterocycles. The van der Waals surface area contributed by atoms with Crippen molar-refractivity contribution in [3.8, 4) is 0 Å². The van der Waals surface area contributed by atoms with Crippen molar-refractivity contribution >= 4 is 45.2 Å². The molecule has 334 valence electrons. The second kappa shape index (κ2) is 25.5. The molecular weight excluding hydrogens is 817 g/mol. The van der Waals surface area contributed by atoms with Crippen molar-refractivity contribution in [3.05, 3.63) is 174 Å². The van der Waals surface area contributed by atoms with Crippen LogP contribution in [0.2, 0.25) is 25.2 Å². The van der Waals surface area contributed by atoms with Crippen LogP contribution in [0.4, 0.5) is 0 Å². The number of carbonyl (C=O) groups excluding carboxylic acids is 4. The molecule has 9 nitrogen and oxygen atoms in total. The highest BCUT2D eigenvalue weighted by atomic mass is 28.4. The van der Waals surface area contributed by atoms with Gasteiger partial charge < -0.3 is 26.1 Å². The molecule has 0 aliphatic carbocycles. The Morgan fingerprint density at radius 3 is 1.25 bits per heavy atom. The fourth-order valence-electron chi connectivity index (χ4n) is 7.57. The third-order valence-electron chi connectivity index (χ3n) is 11.4. The molecule has 63 heavy (non-hydrogen) atoms. The van der Waals surface area contributed by atoms with Gasteiger partial charge >= 0.3 is 0 Å². The van der Waals surface area contributed by atoms with Gasteiger partial charge in [0.25, 0.3) is 11.8 Å². The van der Waals surface area contributed by atoms with Crippen molar-refractivity contribution in [1.29, 1.82) is 0 Å². The van der Waals surface area contributed by atoms with Crippen molar-refractivity contribution < 1.29 is 24.0 Å². The van der Waals surface area contributed by atoms with Gasteiger partial charge in [-0.15, -0.1) is 0 Å². The van der Waals surface area contributed by atoms with Gasteiger partial charge in [-0.3, -0.25) is 19.2 Å². The minimum absolute atomic E-state index is 0.0181.